The predicted molar refractivity (Wildman–Crippen MR) is 222 cm³/mol. The van der Waals surface area contributed by atoms with Crippen molar-refractivity contribution in [1.29, 1.82) is 0 Å². The molecule has 2 heteroatoms. The molecule has 1 aromatic heterocycles. The first-order valence-electron chi connectivity index (χ1n) is 18.3. The third-order valence-corrected chi connectivity index (χ3v) is 11.1. The van der Waals surface area contributed by atoms with Crippen molar-refractivity contribution in [1.82, 2.24) is 9.97 Å². The minimum absolute atomic E-state index is 0.0524. The molecule has 10 rings (SSSR count). The second-order valence-corrected chi connectivity index (χ2v) is 14.6. The van der Waals surface area contributed by atoms with Crippen LogP contribution in [0.2, 0.25) is 0 Å². The second-order valence-electron chi connectivity index (χ2n) is 14.6. The molecule has 0 N–H and O–H groups in total. The van der Waals surface area contributed by atoms with Crippen LogP contribution in [0.3, 0.4) is 0 Å². The van der Waals surface area contributed by atoms with Crippen LogP contribution in [0.15, 0.2) is 182 Å². The maximum atomic E-state index is 5.17. The van der Waals surface area contributed by atoms with Gasteiger partial charge >= 0.3 is 0 Å². The van der Waals surface area contributed by atoms with Gasteiger partial charge in [0.25, 0.3) is 0 Å². The molecule has 1 aliphatic carbocycles. The average molecular weight is 677 g/mol. The molecular weight excluding hydrogens is 641 g/mol. The molecule has 1 heterocycles. The van der Waals surface area contributed by atoms with E-state index in [1.54, 1.807) is 0 Å². The van der Waals surface area contributed by atoms with E-state index in [9.17, 15) is 0 Å². The number of fused-ring (bicyclic) bond motifs is 5. The van der Waals surface area contributed by atoms with Crippen LogP contribution in [0.5, 0.6) is 0 Å². The fourth-order valence-electron chi connectivity index (χ4n) is 8.32. The van der Waals surface area contributed by atoms with Crippen molar-refractivity contribution in [3.05, 3.63) is 193 Å². The van der Waals surface area contributed by atoms with E-state index < -0.39 is 0 Å². The van der Waals surface area contributed by atoms with Gasteiger partial charge in [-0.2, -0.15) is 0 Å². The van der Waals surface area contributed by atoms with E-state index in [2.05, 4.69) is 172 Å². The lowest BCUT2D eigenvalue weighted by atomic mass is 9.81. The zero-order valence-electron chi connectivity index (χ0n) is 29.7. The van der Waals surface area contributed by atoms with Crippen LogP contribution in [0.4, 0.5) is 0 Å². The third-order valence-electron chi connectivity index (χ3n) is 11.1. The lowest BCUT2D eigenvalue weighted by Crippen LogP contribution is -2.14. The molecule has 0 fully saturated rings. The van der Waals surface area contributed by atoms with Gasteiger partial charge in [-0.15, -0.1) is 0 Å². The molecule has 53 heavy (non-hydrogen) atoms. The van der Waals surface area contributed by atoms with Gasteiger partial charge in [-0.25, -0.2) is 9.97 Å². The Balaban J connectivity index is 1.08. The molecule has 0 unspecified atom stereocenters. The summed E-state index contributed by atoms with van der Waals surface area (Å²) in [5, 5.41) is 4.94. The number of hydrogen-bond acceptors (Lipinski definition) is 2. The third kappa shape index (κ3) is 5.26. The second kappa shape index (κ2) is 12.3. The Bertz CT molecular complexity index is 2790. The van der Waals surface area contributed by atoms with E-state index in [4.69, 9.17) is 9.97 Å². The largest absolute Gasteiger partial charge is 0.228 e. The van der Waals surface area contributed by atoms with Gasteiger partial charge in [0.15, 0.2) is 5.82 Å². The molecule has 2 nitrogen and oxygen atoms in total. The van der Waals surface area contributed by atoms with Gasteiger partial charge in [-0.05, 0) is 96.4 Å². The van der Waals surface area contributed by atoms with Gasteiger partial charge in [-0.1, -0.05) is 166 Å². The Morgan fingerprint density at radius 1 is 0.340 bits per heavy atom. The van der Waals surface area contributed by atoms with Crippen molar-refractivity contribution in [3.8, 4) is 67.3 Å². The number of rotatable bonds is 5. The van der Waals surface area contributed by atoms with Crippen molar-refractivity contribution in [2.24, 2.45) is 0 Å². The van der Waals surface area contributed by atoms with E-state index in [1.165, 1.54) is 60.7 Å². The molecule has 0 bridgehead atoms. The topological polar surface area (TPSA) is 25.8 Å². The summed E-state index contributed by atoms with van der Waals surface area (Å²) in [6.45, 7) is 4.71. The molecule has 0 saturated heterocycles. The molecule has 1 aliphatic rings. The van der Waals surface area contributed by atoms with Gasteiger partial charge < -0.3 is 0 Å². The normalized spacial score (nSPS) is 12.9. The predicted octanol–water partition coefficient (Wildman–Crippen LogP) is 13.4. The summed E-state index contributed by atoms with van der Waals surface area (Å²) in [6, 6.07) is 65.5. The lowest BCUT2D eigenvalue weighted by molar-refractivity contribution is 0.661. The van der Waals surface area contributed by atoms with Crippen LogP contribution in [0.25, 0.3) is 88.8 Å². The van der Waals surface area contributed by atoms with E-state index in [-0.39, 0.29) is 5.41 Å². The number of nitrogens with zero attached hydrogens (tertiary/aromatic N) is 2. The number of hydrogen-bond donors (Lipinski definition) is 0. The first-order valence-corrected chi connectivity index (χ1v) is 18.3. The summed E-state index contributed by atoms with van der Waals surface area (Å²) in [4.78, 5) is 10.2. The summed E-state index contributed by atoms with van der Waals surface area (Å²) >= 11 is 0. The fraction of sp³-hybridized carbons (Fsp3) is 0.0588. The van der Waals surface area contributed by atoms with Gasteiger partial charge in [0.05, 0.1) is 11.4 Å². The highest BCUT2D eigenvalue weighted by molar-refractivity contribution is 6.05. The summed E-state index contributed by atoms with van der Waals surface area (Å²) in [5.74, 6) is 0.719. The minimum atomic E-state index is -0.0524. The zero-order valence-corrected chi connectivity index (χ0v) is 29.7. The molecule has 0 spiro atoms. The summed E-state index contributed by atoms with van der Waals surface area (Å²) in [5.41, 5.74) is 15.2. The van der Waals surface area contributed by atoms with Crippen molar-refractivity contribution in [3.63, 3.8) is 0 Å². The van der Waals surface area contributed by atoms with Crippen molar-refractivity contribution < 1.29 is 0 Å². The van der Waals surface area contributed by atoms with Crippen LogP contribution in [-0.2, 0) is 5.41 Å². The molecule has 0 radical (unpaired) electrons. The quantitative estimate of drug-likeness (QED) is 0.181. The standard InChI is InChI=1S/C51H36N2/c1-51(2)46-27-24-38(30-44(46)45-29-36-18-9-10-19-37(36)31-47(45)51)35-20-13-21-39(28-35)40-25-26-43(42-23-12-11-22-41(40)42)49-32-48(33-14-5-3-6-15-33)52-50(53-49)34-16-7-4-8-17-34/h3-32H,1-2H3. The van der Waals surface area contributed by atoms with Crippen molar-refractivity contribution in [2.75, 3.05) is 0 Å². The first kappa shape index (κ1) is 31.1. The zero-order chi connectivity index (χ0) is 35.5. The van der Waals surface area contributed by atoms with Crippen LogP contribution < -0.4 is 0 Å². The Morgan fingerprint density at radius 2 is 0.906 bits per heavy atom. The Morgan fingerprint density at radius 3 is 1.68 bits per heavy atom. The molecule has 0 amide bonds. The molecule has 9 aromatic rings. The minimum Gasteiger partial charge on any atom is -0.228 e. The monoisotopic (exact) mass is 676 g/mol. The van der Waals surface area contributed by atoms with Crippen LogP contribution in [0, 0.1) is 0 Å². The molecule has 0 atom stereocenters. The van der Waals surface area contributed by atoms with Crippen LogP contribution >= 0.6 is 0 Å². The smallest absolute Gasteiger partial charge is 0.160 e. The van der Waals surface area contributed by atoms with Crippen molar-refractivity contribution >= 4 is 21.5 Å². The first-order chi connectivity index (χ1) is 26.0. The Labute approximate surface area is 310 Å². The van der Waals surface area contributed by atoms with Gasteiger partial charge in [-0.3, -0.25) is 0 Å². The lowest BCUT2D eigenvalue weighted by Gasteiger charge is -2.22. The number of aromatic nitrogens is 2. The van der Waals surface area contributed by atoms with E-state index in [0.29, 0.717) is 0 Å². The summed E-state index contributed by atoms with van der Waals surface area (Å²) < 4.78 is 0. The summed E-state index contributed by atoms with van der Waals surface area (Å²) in [7, 11) is 0. The highest BCUT2D eigenvalue weighted by Crippen LogP contribution is 2.51. The van der Waals surface area contributed by atoms with E-state index in [1.807, 2.05) is 24.3 Å². The highest BCUT2D eigenvalue weighted by atomic mass is 14.9. The fourth-order valence-corrected chi connectivity index (χ4v) is 8.32. The van der Waals surface area contributed by atoms with Gasteiger partial charge in [0.1, 0.15) is 0 Å². The van der Waals surface area contributed by atoms with Crippen LogP contribution in [0.1, 0.15) is 25.0 Å². The van der Waals surface area contributed by atoms with Gasteiger partial charge in [0.2, 0.25) is 0 Å². The van der Waals surface area contributed by atoms with Crippen LogP contribution in [-0.4, -0.2) is 9.97 Å². The molecule has 0 saturated carbocycles. The molecular formula is C51H36N2. The maximum absolute atomic E-state index is 5.17. The molecule has 0 aliphatic heterocycles. The van der Waals surface area contributed by atoms with E-state index in [0.717, 1.165) is 39.3 Å². The molecule has 250 valence electrons. The maximum Gasteiger partial charge on any atom is 0.160 e. The van der Waals surface area contributed by atoms with E-state index >= 15 is 0 Å². The SMILES string of the molecule is CC1(C)c2ccc(-c3cccc(-c4ccc(-c5cc(-c6ccccc6)nc(-c6ccccc6)n5)c5ccccc45)c3)cc2-c2cc3ccccc3cc21. The molecule has 8 aromatic carbocycles. The van der Waals surface area contributed by atoms with Crippen molar-refractivity contribution in [2.45, 2.75) is 19.3 Å². The van der Waals surface area contributed by atoms with Gasteiger partial charge in [0, 0.05) is 22.1 Å². The average Bonchev–Trinajstić information content (AvgIpc) is 3.44. The summed E-state index contributed by atoms with van der Waals surface area (Å²) in [6.07, 6.45) is 0. The highest BCUT2D eigenvalue weighted by Gasteiger charge is 2.35. The Kier molecular flexibility index (Phi) is 7.19. The Hall–Kier alpha value is -6.64. The number of benzene rings is 8.